The minimum absolute atomic E-state index is 0.0506. The van der Waals surface area contributed by atoms with Gasteiger partial charge in [0.2, 0.25) is 0 Å². The van der Waals surface area contributed by atoms with E-state index in [1.807, 2.05) is 42.5 Å². The second-order valence-electron chi connectivity index (χ2n) is 4.44. The molecule has 21 heavy (non-hydrogen) atoms. The number of carbonyl (C=O) groups is 1. The average Bonchev–Trinajstić information content (AvgIpc) is 3.15. The number of Topliss-reactive ketones (excluding diaryl/α,β-unsaturated/α-hetero) is 1. The molecular formula is C15H10N4OS. The first-order chi connectivity index (χ1) is 10.2. The quantitative estimate of drug-likeness (QED) is 0.751. The summed E-state index contributed by atoms with van der Waals surface area (Å²) in [5.41, 5.74) is 2.64. The number of nitrogens with zero attached hydrogens (tertiary/aromatic N) is 3. The van der Waals surface area contributed by atoms with E-state index in [-0.39, 0.29) is 5.78 Å². The Balaban J connectivity index is 1.95. The van der Waals surface area contributed by atoms with Crippen molar-refractivity contribution < 1.29 is 4.79 Å². The molecule has 0 unspecified atom stereocenters. The van der Waals surface area contributed by atoms with Crippen LogP contribution in [0.1, 0.15) is 23.0 Å². The summed E-state index contributed by atoms with van der Waals surface area (Å²) in [6.45, 7) is 1.55. The molecule has 1 N–H and O–H groups in total. The summed E-state index contributed by atoms with van der Waals surface area (Å²) in [6, 6.07) is 13.4. The maximum Gasteiger partial charge on any atom is 0.164 e. The topological polar surface area (TPSA) is 82.4 Å². The molecule has 0 saturated heterocycles. The molecule has 0 aliphatic rings. The van der Waals surface area contributed by atoms with E-state index in [9.17, 15) is 4.79 Å². The summed E-state index contributed by atoms with van der Waals surface area (Å²) < 4.78 is 0. The van der Waals surface area contributed by atoms with Crippen molar-refractivity contribution in [1.82, 2.24) is 15.4 Å². The van der Waals surface area contributed by atoms with Crippen LogP contribution in [0.3, 0.4) is 0 Å². The van der Waals surface area contributed by atoms with Crippen LogP contribution in [-0.2, 0) is 0 Å². The van der Waals surface area contributed by atoms with Crippen molar-refractivity contribution >= 4 is 17.1 Å². The molecule has 2 heterocycles. The maximum atomic E-state index is 11.3. The van der Waals surface area contributed by atoms with Gasteiger partial charge in [-0.2, -0.15) is 5.26 Å². The lowest BCUT2D eigenvalue weighted by Gasteiger charge is -1.99. The Kier molecular flexibility index (Phi) is 3.34. The van der Waals surface area contributed by atoms with Gasteiger partial charge < -0.3 is 0 Å². The third-order valence-electron chi connectivity index (χ3n) is 3.08. The monoisotopic (exact) mass is 294 g/mol. The predicted molar refractivity (Wildman–Crippen MR) is 79.9 cm³/mol. The molecule has 0 bridgehead atoms. The van der Waals surface area contributed by atoms with Crippen molar-refractivity contribution in [3.63, 3.8) is 0 Å². The number of hydrogen-bond acceptors (Lipinski definition) is 5. The zero-order valence-electron chi connectivity index (χ0n) is 11.1. The van der Waals surface area contributed by atoms with Gasteiger partial charge in [0.15, 0.2) is 11.5 Å². The van der Waals surface area contributed by atoms with Crippen molar-refractivity contribution in [3.8, 4) is 27.1 Å². The van der Waals surface area contributed by atoms with Crippen LogP contribution in [0.2, 0.25) is 0 Å². The van der Waals surface area contributed by atoms with Crippen molar-refractivity contribution in [2.75, 3.05) is 0 Å². The standard InChI is InChI=1S/C15H10N4OS/c1-9(20)10-2-4-11(5-3-10)13-6-7-14(21-13)15-12(8-16)17-19-18-15/h2-7H,1H3,(H,17,18,19). The molecule has 3 rings (SSSR count). The highest BCUT2D eigenvalue weighted by molar-refractivity contribution is 7.18. The number of hydrogen-bond donors (Lipinski definition) is 1. The van der Waals surface area contributed by atoms with Crippen LogP contribution < -0.4 is 0 Å². The second kappa shape index (κ2) is 5.31. The van der Waals surface area contributed by atoms with Crippen LogP contribution in [0.15, 0.2) is 36.4 Å². The van der Waals surface area contributed by atoms with Crippen LogP contribution in [0.25, 0.3) is 21.0 Å². The molecule has 0 radical (unpaired) electrons. The van der Waals surface area contributed by atoms with Crippen LogP contribution in [-0.4, -0.2) is 21.2 Å². The molecule has 0 saturated carbocycles. The van der Waals surface area contributed by atoms with Crippen molar-refractivity contribution in [2.24, 2.45) is 0 Å². The van der Waals surface area contributed by atoms with E-state index in [0.29, 0.717) is 17.0 Å². The Morgan fingerprint density at radius 1 is 1.19 bits per heavy atom. The Morgan fingerprint density at radius 3 is 2.57 bits per heavy atom. The number of nitriles is 1. The summed E-state index contributed by atoms with van der Waals surface area (Å²) in [5, 5.41) is 19.1. The van der Waals surface area contributed by atoms with Crippen molar-refractivity contribution in [3.05, 3.63) is 47.7 Å². The molecule has 0 aliphatic heterocycles. The molecule has 0 amide bonds. The number of carbonyl (C=O) groups excluding carboxylic acids is 1. The lowest BCUT2D eigenvalue weighted by molar-refractivity contribution is 0.101. The first-order valence-electron chi connectivity index (χ1n) is 6.22. The molecule has 3 aromatic rings. The molecule has 0 atom stereocenters. The predicted octanol–water partition coefficient (Wildman–Crippen LogP) is 3.27. The zero-order chi connectivity index (χ0) is 14.8. The van der Waals surface area contributed by atoms with Crippen LogP contribution >= 0.6 is 11.3 Å². The maximum absolute atomic E-state index is 11.3. The summed E-state index contributed by atoms with van der Waals surface area (Å²) in [7, 11) is 0. The molecular weight excluding hydrogens is 284 g/mol. The molecule has 6 heteroatoms. The molecule has 102 valence electrons. The van der Waals surface area contributed by atoms with Crippen LogP contribution in [0.4, 0.5) is 0 Å². The number of aromatic nitrogens is 3. The van der Waals surface area contributed by atoms with Gasteiger partial charge in [-0.3, -0.25) is 4.79 Å². The summed E-state index contributed by atoms with van der Waals surface area (Å²) in [6.07, 6.45) is 0. The molecule has 2 aromatic heterocycles. The number of rotatable bonds is 3. The van der Waals surface area contributed by atoms with E-state index in [2.05, 4.69) is 15.4 Å². The summed E-state index contributed by atoms with van der Waals surface area (Å²) in [4.78, 5) is 13.2. The number of nitrogens with one attached hydrogen (secondary N) is 1. The lowest BCUT2D eigenvalue weighted by atomic mass is 10.1. The van der Waals surface area contributed by atoms with Gasteiger partial charge in [-0.25, -0.2) is 5.10 Å². The molecule has 1 aromatic carbocycles. The van der Waals surface area contributed by atoms with Crippen LogP contribution in [0, 0.1) is 11.3 Å². The normalized spacial score (nSPS) is 10.3. The van der Waals surface area contributed by atoms with Crippen molar-refractivity contribution in [2.45, 2.75) is 6.92 Å². The van der Waals surface area contributed by atoms with E-state index in [1.54, 1.807) is 6.92 Å². The first kappa shape index (κ1) is 13.2. The third kappa shape index (κ3) is 2.47. The SMILES string of the molecule is CC(=O)c1ccc(-c2ccc(-c3nn[nH]c3C#N)s2)cc1. The number of benzene rings is 1. The van der Waals surface area contributed by atoms with Gasteiger partial charge in [-0.05, 0) is 24.6 Å². The van der Waals surface area contributed by atoms with Crippen LogP contribution in [0.5, 0.6) is 0 Å². The van der Waals surface area contributed by atoms with Gasteiger partial charge in [0.05, 0.1) is 4.88 Å². The minimum atomic E-state index is 0.0506. The van der Waals surface area contributed by atoms with Gasteiger partial charge in [0.1, 0.15) is 11.8 Å². The fourth-order valence-corrected chi connectivity index (χ4v) is 2.97. The van der Waals surface area contributed by atoms with E-state index in [1.165, 1.54) is 11.3 Å². The van der Waals surface area contributed by atoms with E-state index in [4.69, 9.17) is 5.26 Å². The summed E-state index contributed by atoms with van der Waals surface area (Å²) in [5.74, 6) is 0.0506. The van der Waals surface area contributed by atoms with Gasteiger partial charge >= 0.3 is 0 Å². The number of H-pyrrole nitrogens is 1. The van der Waals surface area contributed by atoms with Gasteiger partial charge in [-0.1, -0.05) is 29.5 Å². The lowest BCUT2D eigenvalue weighted by Crippen LogP contribution is -1.90. The Labute approximate surface area is 124 Å². The van der Waals surface area contributed by atoms with E-state index in [0.717, 1.165) is 15.3 Å². The van der Waals surface area contributed by atoms with Gasteiger partial charge in [0.25, 0.3) is 0 Å². The largest absolute Gasteiger partial charge is 0.295 e. The molecule has 0 spiro atoms. The minimum Gasteiger partial charge on any atom is -0.295 e. The highest BCUT2D eigenvalue weighted by Crippen LogP contribution is 2.34. The van der Waals surface area contributed by atoms with Gasteiger partial charge in [-0.15, -0.1) is 16.4 Å². The molecule has 0 fully saturated rings. The highest BCUT2D eigenvalue weighted by Gasteiger charge is 2.12. The Bertz CT molecular complexity index is 839. The fourth-order valence-electron chi connectivity index (χ4n) is 1.97. The Morgan fingerprint density at radius 2 is 1.90 bits per heavy atom. The Hall–Kier alpha value is -2.78. The average molecular weight is 294 g/mol. The smallest absolute Gasteiger partial charge is 0.164 e. The third-order valence-corrected chi connectivity index (χ3v) is 4.22. The number of thiophene rings is 1. The highest BCUT2D eigenvalue weighted by atomic mass is 32.1. The number of ketones is 1. The molecule has 5 nitrogen and oxygen atoms in total. The van der Waals surface area contributed by atoms with Gasteiger partial charge in [0, 0.05) is 10.4 Å². The summed E-state index contributed by atoms with van der Waals surface area (Å²) >= 11 is 1.53. The first-order valence-corrected chi connectivity index (χ1v) is 7.03. The fraction of sp³-hybridized carbons (Fsp3) is 0.0667. The van der Waals surface area contributed by atoms with Crippen molar-refractivity contribution in [1.29, 1.82) is 5.26 Å². The number of aromatic amines is 1. The van der Waals surface area contributed by atoms with E-state index < -0.39 is 0 Å². The van der Waals surface area contributed by atoms with E-state index >= 15 is 0 Å². The molecule has 0 aliphatic carbocycles. The zero-order valence-corrected chi connectivity index (χ0v) is 11.9. The second-order valence-corrected chi connectivity index (χ2v) is 5.53.